The summed E-state index contributed by atoms with van der Waals surface area (Å²) >= 11 is 0. The average Bonchev–Trinajstić information content (AvgIpc) is 3.32. The smallest absolute Gasteiger partial charge is 0.326 e. The van der Waals surface area contributed by atoms with Crippen molar-refractivity contribution in [2.45, 2.75) is 52.5 Å². The molecular weight excluding hydrogens is 378 g/mol. The Morgan fingerprint density at radius 1 is 1.13 bits per heavy atom. The van der Waals surface area contributed by atoms with E-state index in [0.29, 0.717) is 23.8 Å². The van der Waals surface area contributed by atoms with Gasteiger partial charge in [-0.15, -0.1) is 0 Å². The van der Waals surface area contributed by atoms with E-state index in [1.165, 1.54) is 25.7 Å². The highest BCUT2D eigenvalue weighted by Gasteiger charge is 2.40. The molecule has 2 aliphatic rings. The Hall–Kier alpha value is -2.56. The van der Waals surface area contributed by atoms with Crippen molar-refractivity contribution in [1.82, 2.24) is 5.32 Å². The van der Waals surface area contributed by atoms with Crippen LogP contribution >= 0.6 is 0 Å². The maximum Gasteiger partial charge on any atom is 0.326 e. The normalized spacial score (nSPS) is 24.0. The molecule has 4 rings (SSSR count). The van der Waals surface area contributed by atoms with E-state index in [1.54, 1.807) is 26.8 Å². The van der Waals surface area contributed by atoms with E-state index >= 15 is 0 Å². The number of aliphatic carboxylic acids is 1. The van der Waals surface area contributed by atoms with Gasteiger partial charge in [-0.1, -0.05) is 57.5 Å². The van der Waals surface area contributed by atoms with Crippen molar-refractivity contribution < 1.29 is 19.4 Å². The SMILES string of the molecule is CC(C)(C)C(NC(=O)c1ccc2ccccc2c1OCC1CC2CCC1C2)C(=O)O. The predicted octanol–water partition coefficient (Wildman–Crippen LogP) is 4.88. The second-order valence-electron chi connectivity index (χ2n) is 10.0. The van der Waals surface area contributed by atoms with Gasteiger partial charge in [0.25, 0.3) is 5.91 Å². The van der Waals surface area contributed by atoms with Crippen LogP contribution in [0, 0.1) is 23.2 Å². The molecule has 2 aromatic rings. The first kappa shape index (κ1) is 20.7. The lowest BCUT2D eigenvalue weighted by atomic mass is 9.86. The summed E-state index contributed by atoms with van der Waals surface area (Å²) in [5.74, 6) is 1.22. The third-order valence-corrected chi connectivity index (χ3v) is 6.84. The average molecular weight is 410 g/mol. The van der Waals surface area contributed by atoms with Crippen molar-refractivity contribution in [3.8, 4) is 5.75 Å². The molecule has 4 atom stereocenters. The maximum absolute atomic E-state index is 13.1. The van der Waals surface area contributed by atoms with Crippen LogP contribution in [-0.4, -0.2) is 29.6 Å². The molecule has 30 heavy (non-hydrogen) atoms. The van der Waals surface area contributed by atoms with E-state index in [4.69, 9.17) is 4.74 Å². The van der Waals surface area contributed by atoms with Gasteiger partial charge in [-0.25, -0.2) is 4.79 Å². The van der Waals surface area contributed by atoms with E-state index < -0.39 is 23.3 Å². The second-order valence-corrected chi connectivity index (χ2v) is 10.0. The molecule has 5 nitrogen and oxygen atoms in total. The molecule has 2 fully saturated rings. The number of hydrogen-bond donors (Lipinski definition) is 2. The number of carboxylic acids is 1. The van der Waals surface area contributed by atoms with Crippen LogP contribution in [0.25, 0.3) is 10.8 Å². The minimum absolute atomic E-state index is 0.396. The Balaban J connectivity index is 1.62. The topological polar surface area (TPSA) is 75.6 Å². The quantitative estimate of drug-likeness (QED) is 0.713. The minimum atomic E-state index is -1.04. The maximum atomic E-state index is 13.1. The summed E-state index contributed by atoms with van der Waals surface area (Å²) in [4.78, 5) is 24.9. The van der Waals surface area contributed by atoms with E-state index in [2.05, 4.69) is 5.32 Å². The van der Waals surface area contributed by atoms with Crippen LogP contribution in [0.2, 0.25) is 0 Å². The molecule has 0 saturated heterocycles. The molecule has 4 unspecified atom stereocenters. The Morgan fingerprint density at radius 2 is 1.90 bits per heavy atom. The largest absolute Gasteiger partial charge is 0.492 e. The Bertz CT molecular complexity index is 961. The number of nitrogens with one attached hydrogen (secondary N) is 1. The van der Waals surface area contributed by atoms with Crippen molar-refractivity contribution >= 4 is 22.6 Å². The van der Waals surface area contributed by atoms with Crippen LogP contribution in [0.4, 0.5) is 0 Å². The van der Waals surface area contributed by atoms with E-state index in [1.807, 2.05) is 30.3 Å². The molecule has 2 N–H and O–H groups in total. The highest BCUT2D eigenvalue weighted by Crippen LogP contribution is 2.48. The number of rotatable bonds is 6. The van der Waals surface area contributed by atoms with Gasteiger partial charge in [-0.05, 0) is 53.9 Å². The fourth-order valence-electron chi connectivity index (χ4n) is 5.21. The van der Waals surface area contributed by atoms with Crippen LogP contribution in [-0.2, 0) is 4.79 Å². The number of carboxylic acid groups (broad SMARTS) is 1. The molecule has 0 aliphatic heterocycles. The van der Waals surface area contributed by atoms with Gasteiger partial charge in [0.2, 0.25) is 0 Å². The summed E-state index contributed by atoms with van der Waals surface area (Å²) in [6, 6.07) is 10.5. The van der Waals surface area contributed by atoms with Crippen molar-refractivity contribution in [3.05, 3.63) is 42.0 Å². The Kier molecular flexibility index (Phi) is 5.48. The standard InChI is InChI=1S/C25H31NO4/c1-25(2,3)22(24(28)29)26-23(27)20-11-10-16-6-4-5-7-19(16)21(20)30-14-18-13-15-8-9-17(18)12-15/h4-7,10-11,15,17-18,22H,8-9,12-14H2,1-3H3,(H,26,27)(H,28,29). The molecule has 160 valence electrons. The van der Waals surface area contributed by atoms with Crippen LogP contribution < -0.4 is 10.1 Å². The number of ether oxygens (including phenoxy) is 1. The number of carbonyl (C=O) groups is 2. The molecule has 1 amide bonds. The highest BCUT2D eigenvalue weighted by molar-refractivity contribution is 6.05. The zero-order chi connectivity index (χ0) is 21.5. The van der Waals surface area contributed by atoms with Gasteiger partial charge in [-0.2, -0.15) is 0 Å². The highest BCUT2D eigenvalue weighted by atomic mass is 16.5. The first-order chi connectivity index (χ1) is 14.2. The van der Waals surface area contributed by atoms with Gasteiger partial charge < -0.3 is 15.2 Å². The minimum Gasteiger partial charge on any atom is -0.492 e. The number of carbonyl (C=O) groups excluding carboxylic acids is 1. The molecular formula is C25H31NO4. The van der Waals surface area contributed by atoms with Gasteiger partial charge in [0, 0.05) is 5.39 Å². The number of amides is 1. The second kappa shape index (κ2) is 7.93. The fourth-order valence-corrected chi connectivity index (χ4v) is 5.21. The number of fused-ring (bicyclic) bond motifs is 3. The predicted molar refractivity (Wildman–Crippen MR) is 117 cm³/mol. The molecule has 0 radical (unpaired) electrons. The van der Waals surface area contributed by atoms with Gasteiger partial charge >= 0.3 is 5.97 Å². The van der Waals surface area contributed by atoms with Gasteiger partial charge in [0.15, 0.2) is 0 Å². The molecule has 0 aromatic heterocycles. The summed E-state index contributed by atoms with van der Waals surface area (Å²) < 4.78 is 6.33. The van der Waals surface area contributed by atoms with E-state index in [9.17, 15) is 14.7 Å². The first-order valence-corrected chi connectivity index (χ1v) is 10.9. The summed E-state index contributed by atoms with van der Waals surface area (Å²) in [5.41, 5.74) is -0.213. The molecule has 2 aliphatic carbocycles. The lowest BCUT2D eigenvalue weighted by molar-refractivity contribution is -0.142. The third kappa shape index (κ3) is 4.03. The van der Waals surface area contributed by atoms with E-state index in [0.717, 1.165) is 22.6 Å². The number of benzene rings is 2. The molecule has 5 heteroatoms. The summed E-state index contributed by atoms with van der Waals surface area (Å²) in [6.07, 6.45) is 5.14. The Labute approximate surface area is 177 Å². The third-order valence-electron chi connectivity index (χ3n) is 6.84. The fraction of sp³-hybridized carbons (Fsp3) is 0.520. The van der Waals surface area contributed by atoms with Gasteiger partial charge in [0.1, 0.15) is 11.8 Å². The summed E-state index contributed by atoms with van der Waals surface area (Å²) in [5, 5.41) is 14.2. The van der Waals surface area contributed by atoms with Crippen molar-refractivity contribution in [1.29, 1.82) is 0 Å². The Morgan fingerprint density at radius 3 is 2.53 bits per heavy atom. The summed E-state index contributed by atoms with van der Waals surface area (Å²) in [7, 11) is 0. The van der Waals surface area contributed by atoms with E-state index in [-0.39, 0.29) is 0 Å². The molecule has 0 heterocycles. The van der Waals surface area contributed by atoms with Crippen LogP contribution in [0.1, 0.15) is 56.8 Å². The zero-order valence-electron chi connectivity index (χ0n) is 18.0. The molecule has 0 spiro atoms. The van der Waals surface area contributed by atoms with Gasteiger partial charge in [-0.3, -0.25) is 4.79 Å². The summed E-state index contributed by atoms with van der Waals surface area (Å²) in [6.45, 7) is 6.02. The van der Waals surface area contributed by atoms with Crippen molar-refractivity contribution in [2.75, 3.05) is 6.61 Å². The first-order valence-electron chi connectivity index (χ1n) is 10.9. The molecule has 2 aromatic carbocycles. The molecule has 2 bridgehead atoms. The van der Waals surface area contributed by atoms with Crippen molar-refractivity contribution in [3.63, 3.8) is 0 Å². The van der Waals surface area contributed by atoms with Crippen LogP contribution in [0.15, 0.2) is 36.4 Å². The monoisotopic (exact) mass is 409 g/mol. The zero-order valence-corrected chi connectivity index (χ0v) is 18.0. The van der Waals surface area contributed by atoms with Gasteiger partial charge in [0.05, 0.1) is 12.2 Å². The molecule has 2 saturated carbocycles. The lowest BCUT2D eigenvalue weighted by Crippen LogP contribution is -2.49. The van der Waals surface area contributed by atoms with Crippen LogP contribution in [0.3, 0.4) is 0 Å². The van der Waals surface area contributed by atoms with Crippen LogP contribution in [0.5, 0.6) is 5.75 Å². The lowest BCUT2D eigenvalue weighted by Gasteiger charge is -2.28. The van der Waals surface area contributed by atoms with Crippen molar-refractivity contribution in [2.24, 2.45) is 23.2 Å². The number of hydrogen-bond acceptors (Lipinski definition) is 3.